The Bertz CT molecular complexity index is 823. The van der Waals surface area contributed by atoms with Crippen LogP contribution in [-0.4, -0.2) is 56.3 Å². The summed E-state index contributed by atoms with van der Waals surface area (Å²) in [5.74, 6) is 0. The first-order valence-corrected chi connectivity index (χ1v) is 9.92. The first-order valence-electron chi connectivity index (χ1n) is 9.92. The number of amides is 1. The number of aliphatic hydroxyl groups excluding tert-OH is 1. The second-order valence-corrected chi connectivity index (χ2v) is 7.23. The number of nitrogens with one attached hydrogen (secondary N) is 1. The highest BCUT2D eigenvalue weighted by Gasteiger charge is 2.38. The molecule has 2 N–H and O–H groups in total. The van der Waals surface area contributed by atoms with Gasteiger partial charge in [0.2, 0.25) is 0 Å². The fourth-order valence-corrected chi connectivity index (χ4v) is 3.49. The highest BCUT2D eigenvalue weighted by atomic mass is 16.6. The van der Waals surface area contributed by atoms with Crippen molar-refractivity contribution in [2.45, 2.75) is 25.2 Å². The third kappa shape index (κ3) is 5.26. The Kier molecular flexibility index (Phi) is 6.29. The topological polar surface area (TPSA) is 83.6 Å². The Balaban J connectivity index is 1.44. The normalized spacial score (nSPS) is 20.9. The lowest BCUT2D eigenvalue weighted by atomic mass is 10.0. The number of aliphatic hydroxyl groups is 1. The van der Waals surface area contributed by atoms with Gasteiger partial charge in [0.05, 0.1) is 25.9 Å². The molecule has 2 saturated heterocycles. The molecule has 2 aromatic carbocycles. The molecule has 29 heavy (non-hydrogen) atoms. The van der Waals surface area contributed by atoms with Crippen molar-refractivity contribution in [1.29, 1.82) is 0 Å². The minimum atomic E-state index is -0.496. The van der Waals surface area contributed by atoms with Crippen LogP contribution in [0.3, 0.4) is 0 Å². The van der Waals surface area contributed by atoms with E-state index in [1.165, 1.54) is 0 Å². The summed E-state index contributed by atoms with van der Waals surface area (Å²) in [4.78, 5) is 14.6. The largest absolute Gasteiger partial charge is 0.444 e. The number of hydrogen-bond donors (Lipinski definition) is 2. The first kappa shape index (κ1) is 19.7. The third-order valence-corrected chi connectivity index (χ3v) is 5.20. The van der Waals surface area contributed by atoms with Gasteiger partial charge in [0, 0.05) is 30.9 Å². The van der Waals surface area contributed by atoms with E-state index in [9.17, 15) is 9.90 Å². The van der Waals surface area contributed by atoms with Gasteiger partial charge in [0.1, 0.15) is 12.7 Å². The van der Waals surface area contributed by atoms with Gasteiger partial charge in [-0.25, -0.2) is 4.79 Å². The molecule has 4 rings (SSSR count). The molecule has 0 saturated carbocycles. The van der Waals surface area contributed by atoms with E-state index in [0.29, 0.717) is 25.3 Å². The first-order chi connectivity index (χ1) is 14.2. The summed E-state index contributed by atoms with van der Waals surface area (Å²) >= 11 is 0. The maximum Gasteiger partial charge on any atom is 0.411 e. The van der Waals surface area contributed by atoms with Crippen molar-refractivity contribution in [3.63, 3.8) is 0 Å². The van der Waals surface area contributed by atoms with E-state index < -0.39 is 6.09 Å². The number of morpholine rings is 1. The van der Waals surface area contributed by atoms with Gasteiger partial charge in [-0.1, -0.05) is 30.3 Å². The molecule has 7 nitrogen and oxygen atoms in total. The van der Waals surface area contributed by atoms with Crippen LogP contribution in [0, 0.1) is 0 Å². The summed E-state index contributed by atoms with van der Waals surface area (Å²) in [5, 5.41) is 12.1. The van der Waals surface area contributed by atoms with Gasteiger partial charge in [0.25, 0.3) is 0 Å². The van der Waals surface area contributed by atoms with Crippen molar-refractivity contribution in [1.82, 2.24) is 0 Å². The minimum absolute atomic E-state index is 0.00962. The van der Waals surface area contributed by atoms with Crippen molar-refractivity contribution in [2.75, 3.05) is 43.1 Å². The summed E-state index contributed by atoms with van der Waals surface area (Å²) in [7, 11) is 0. The molecule has 154 valence electrons. The van der Waals surface area contributed by atoms with Crippen molar-refractivity contribution < 1.29 is 24.1 Å². The Morgan fingerprint density at radius 3 is 2.66 bits per heavy atom. The SMILES string of the molecule is O=C(Nc1ccc(N2CCOCC2)cc1C[C@H]1O[C@H]1CO)OCc1ccccc1. The van der Waals surface area contributed by atoms with Crippen molar-refractivity contribution in [3.8, 4) is 0 Å². The molecule has 2 heterocycles. The van der Waals surface area contributed by atoms with Gasteiger partial charge in [-0.05, 0) is 29.3 Å². The predicted molar refractivity (Wildman–Crippen MR) is 109 cm³/mol. The van der Waals surface area contributed by atoms with Gasteiger partial charge in [-0.3, -0.25) is 5.32 Å². The number of anilines is 2. The van der Waals surface area contributed by atoms with Crippen LogP contribution in [-0.2, 0) is 27.2 Å². The number of hydrogen-bond acceptors (Lipinski definition) is 6. The fourth-order valence-electron chi connectivity index (χ4n) is 3.49. The Hall–Kier alpha value is -2.61. The van der Waals surface area contributed by atoms with Gasteiger partial charge < -0.3 is 24.2 Å². The maximum atomic E-state index is 12.3. The summed E-state index contributed by atoms with van der Waals surface area (Å²) < 4.78 is 16.3. The van der Waals surface area contributed by atoms with Crippen LogP contribution in [0.4, 0.5) is 16.2 Å². The molecule has 0 radical (unpaired) electrons. The predicted octanol–water partition coefficient (Wildman–Crippen LogP) is 2.57. The van der Waals surface area contributed by atoms with Gasteiger partial charge in [0.15, 0.2) is 0 Å². The van der Waals surface area contributed by atoms with Crippen LogP contribution >= 0.6 is 0 Å². The molecule has 2 aromatic rings. The number of carbonyl (C=O) groups is 1. The summed E-state index contributed by atoms with van der Waals surface area (Å²) in [6.07, 6.45) is -0.0251. The van der Waals surface area contributed by atoms with Gasteiger partial charge in [-0.15, -0.1) is 0 Å². The molecule has 0 spiro atoms. The summed E-state index contributed by atoms with van der Waals surface area (Å²) in [5.41, 5.74) is 3.69. The molecule has 1 amide bonds. The summed E-state index contributed by atoms with van der Waals surface area (Å²) in [6, 6.07) is 15.5. The van der Waals surface area contributed by atoms with Crippen molar-refractivity contribution in [3.05, 3.63) is 59.7 Å². The van der Waals surface area contributed by atoms with Crippen molar-refractivity contribution in [2.24, 2.45) is 0 Å². The number of nitrogens with zero attached hydrogens (tertiary/aromatic N) is 1. The zero-order valence-corrected chi connectivity index (χ0v) is 16.3. The lowest BCUT2D eigenvalue weighted by molar-refractivity contribution is 0.122. The maximum absolute atomic E-state index is 12.3. The number of ether oxygens (including phenoxy) is 3. The van der Waals surface area contributed by atoms with Crippen molar-refractivity contribution >= 4 is 17.5 Å². The fraction of sp³-hybridized carbons (Fsp3) is 0.409. The molecular formula is C22H26N2O5. The average Bonchev–Trinajstić information content (AvgIpc) is 3.53. The molecule has 2 atom stereocenters. The highest BCUT2D eigenvalue weighted by molar-refractivity contribution is 5.86. The quantitative estimate of drug-likeness (QED) is 0.698. The lowest BCUT2D eigenvalue weighted by Crippen LogP contribution is -2.36. The number of rotatable bonds is 7. The van der Waals surface area contributed by atoms with Gasteiger partial charge in [-0.2, -0.15) is 0 Å². The van der Waals surface area contributed by atoms with Crippen LogP contribution in [0.2, 0.25) is 0 Å². The minimum Gasteiger partial charge on any atom is -0.444 e. The second-order valence-electron chi connectivity index (χ2n) is 7.23. The van der Waals surface area contributed by atoms with Crippen LogP contribution in [0.15, 0.2) is 48.5 Å². The molecule has 0 aliphatic carbocycles. The number of carbonyl (C=O) groups excluding carboxylic acids is 1. The van der Waals surface area contributed by atoms with Gasteiger partial charge >= 0.3 is 6.09 Å². The van der Waals surface area contributed by atoms with E-state index in [2.05, 4.69) is 16.3 Å². The Morgan fingerprint density at radius 2 is 1.93 bits per heavy atom. The molecule has 2 fully saturated rings. The average molecular weight is 398 g/mol. The smallest absolute Gasteiger partial charge is 0.411 e. The molecule has 2 aliphatic rings. The second kappa shape index (κ2) is 9.26. The highest BCUT2D eigenvalue weighted by Crippen LogP contribution is 2.31. The van der Waals surface area contributed by atoms with E-state index in [-0.39, 0.29) is 25.4 Å². The van der Waals surface area contributed by atoms with Crippen LogP contribution in [0.5, 0.6) is 0 Å². The zero-order chi connectivity index (χ0) is 20.1. The Labute approximate surface area is 170 Å². The van der Waals surface area contributed by atoms with E-state index in [0.717, 1.165) is 29.9 Å². The standard InChI is InChI=1S/C22H26N2O5/c25-14-21-20(29-21)13-17-12-18(24-8-10-27-11-9-24)6-7-19(17)23-22(26)28-15-16-4-2-1-3-5-16/h1-7,12,20-21,25H,8-11,13-15H2,(H,23,26)/t20-,21+/m1/s1. The molecule has 0 unspecified atom stereocenters. The number of benzene rings is 2. The third-order valence-electron chi connectivity index (χ3n) is 5.20. The lowest BCUT2D eigenvalue weighted by Gasteiger charge is -2.29. The van der Waals surface area contributed by atoms with E-state index >= 15 is 0 Å². The van der Waals surface area contributed by atoms with E-state index in [1.807, 2.05) is 42.5 Å². The molecule has 2 aliphatic heterocycles. The summed E-state index contributed by atoms with van der Waals surface area (Å²) in [6.45, 7) is 3.32. The zero-order valence-electron chi connectivity index (χ0n) is 16.3. The van der Waals surface area contributed by atoms with E-state index in [4.69, 9.17) is 14.2 Å². The van der Waals surface area contributed by atoms with Crippen LogP contribution in [0.1, 0.15) is 11.1 Å². The Morgan fingerprint density at radius 1 is 1.14 bits per heavy atom. The molecule has 0 bridgehead atoms. The molecule has 0 aromatic heterocycles. The van der Waals surface area contributed by atoms with Crippen LogP contribution in [0.25, 0.3) is 0 Å². The molecular weight excluding hydrogens is 372 g/mol. The van der Waals surface area contributed by atoms with Crippen LogP contribution < -0.4 is 10.2 Å². The number of epoxide rings is 1. The monoisotopic (exact) mass is 398 g/mol. The van der Waals surface area contributed by atoms with E-state index in [1.54, 1.807) is 0 Å². The molecule has 7 heteroatoms.